The van der Waals surface area contributed by atoms with Crippen LogP contribution < -0.4 is 9.64 Å². The van der Waals surface area contributed by atoms with Gasteiger partial charge in [-0.3, -0.25) is 0 Å². The van der Waals surface area contributed by atoms with Gasteiger partial charge in [-0.25, -0.2) is 9.97 Å². The highest BCUT2D eigenvalue weighted by Crippen LogP contribution is 2.22. The zero-order valence-electron chi connectivity index (χ0n) is 11.5. The molecule has 2 heterocycles. The van der Waals surface area contributed by atoms with Gasteiger partial charge in [0.25, 0.3) is 0 Å². The summed E-state index contributed by atoms with van der Waals surface area (Å²) in [5.41, 5.74) is 0. The molecule has 2 rings (SSSR count). The smallest absolute Gasteiger partial charge is 0.218 e. The summed E-state index contributed by atoms with van der Waals surface area (Å²) in [5.74, 6) is 1.95. The minimum absolute atomic E-state index is 0.0438. The number of aromatic nitrogens is 2. The van der Waals surface area contributed by atoms with Gasteiger partial charge < -0.3 is 14.4 Å². The van der Waals surface area contributed by atoms with Crippen molar-refractivity contribution in [3.8, 4) is 5.88 Å². The number of alkyl halides is 1. The summed E-state index contributed by atoms with van der Waals surface area (Å²) in [7, 11) is 0. The summed E-state index contributed by atoms with van der Waals surface area (Å²) in [4.78, 5) is 10.6. The molecule has 0 aromatic carbocycles. The summed E-state index contributed by atoms with van der Waals surface area (Å²) < 4.78 is 11.2. The largest absolute Gasteiger partial charge is 0.475 e. The van der Waals surface area contributed by atoms with Gasteiger partial charge in [0.2, 0.25) is 5.88 Å². The average molecular weight is 286 g/mol. The monoisotopic (exact) mass is 285 g/mol. The first-order valence-electron chi connectivity index (χ1n) is 6.53. The number of rotatable bonds is 4. The van der Waals surface area contributed by atoms with Crippen LogP contribution in [-0.2, 0) is 4.74 Å². The molecule has 0 bridgehead atoms. The van der Waals surface area contributed by atoms with E-state index in [1.165, 1.54) is 6.33 Å². The van der Waals surface area contributed by atoms with Crippen LogP contribution in [0.2, 0.25) is 0 Å². The molecule has 5 nitrogen and oxygen atoms in total. The Morgan fingerprint density at radius 3 is 3.00 bits per heavy atom. The zero-order valence-corrected chi connectivity index (χ0v) is 12.3. The van der Waals surface area contributed by atoms with E-state index in [-0.39, 0.29) is 18.2 Å². The van der Waals surface area contributed by atoms with Crippen LogP contribution in [0.4, 0.5) is 5.82 Å². The lowest BCUT2D eigenvalue weighted by Crippen LogP contribution is -2.49. The van der Waals surface area contributed by atoms with Gasteiger partial charge in [0.1, 0.15) is 12.1 Å². The molecule has 1 aromatic heterocycles. The zero-order chi connectivity index (χ0) is 13.8. The number of nitrogens with zero attached hydrogens (tertiary/aromatic N) is 3. The van der Waals surface area contributed by atoms with Crippen molar-refractivity contribution < 1.29 is 9.47 Å². The molecule has 0 amide bonds. The van der Waals surface area contributed by atoms with Crippen molar-refractivity contribution in [1.82, 2.24) is 9.97 Å². The molecule has 1 aromatic rings. The average Bonchev–Trinajstić information content (AvgIpc) is 2.39. The van der Waals surface area contributed by atoms with Crippen LogP contribution in [-0.4, -0.2) is 47.2 Å². The van der Waals surface area contributed by atoms with Crippen molar-refractivity contribution in [2.45, 2.75) is 39.0 Å². The summed E-state index contributed by atoms with van der Waals surface area (Å²) in [6, 6.07) is 2.13. The van der Waals surface area contributed by atoms with Crippen LogP contribution in [0.25, 0.3) is 0 Å². The fourth-order valence-corrected chi connectivity index (χ4v) is 2.21. The summed E-state index contributed by atoms with van der Waals surface area (Å²) in [5, 5.41) is 0. The maximum Gasteiger partial charge on any atom is 0.218 e. The van der Waals surface area contributed by atoms with Gasteiger partial charge in [0, 0.05) is 12.6 Å². The third kappa shape index (κ3) is 3.70. The number of ether oxygens (including phenoxy) is 2. The van der Waals surface area contributed by atoms with E-state index in [0.717, 1.165) is 12.4 Å². The van der Waals surface area contributed by atoms with Crippen molar-refractivity contribution in [3.63, 3.8) is 0 Å². The molecule has 6 heteroatoms. The minimum atomic E-state index is 0.0438. The normalized spacial score (nSPS) is 23.7. The topological polar surface area (TPSA) is 47.5 Å². The van der Waals surface area contributed by atoms with Gasteiger partial charge in [0.15, 0.2) is 0 Å². The Morgan fingerprint density at radius 2 is 2.32 bits per heavy atom. The summed E-state index contributed by atoms with van der Waals surface area (Å²) in [6.45, 7) is 7.45. The first kappa shape index (κ1) is 14.3. The lowest BCUT2D eigenvalue weighted by molar-refractivity contribution is 0.0361. The van der Waals surface area contributed by atoms with E-state index in [4.69, 9.17) is 21.1 Å². The lowest BCUT2D eigenvalue weighted by atomic mass is 10.2. The molecule has 0 N–H and O–H groups in total. The van der Waals surface area contributed by atoms with Crippen LogP contribution in [0, 0.1) is 0 Å². The Kier molecular flexibility index (Phi) is 4.82. The van der Waals surface area contributed by atoms with Gasteiger partial charge in [-0.2, -0.15) is 0 Å². The van der Waals surface area contributed by atoms with Gasteiger partial charge in [-0.05, 0) is 20.8 Å². The van der Waals surface area contributed by atoms with E-state index in [2.05, 4.69) is 21.8 Å². The SMILES string of the molecule is CC(C)Oc1cc(N2CC(CCl)OCC2C)ncn1. The molecule has 19 heavy (non-hydrogen) atoms. The molecule has 1 saturated heterocycles. The highest BCUT2D eigenvalue weighted by molar-refractivity contribution is 6.18. The number of hydrogen-bond acceptors (Lipinski definition) is 5. The second-order valence-electron chi connectivity index (χ2n) is 4.99. The summed E-state index contributed by atoms with van der Waals surface area (Å²) >= 11 is 5.87. The number of halogens is 1. The third-order valence-electron chi connectivity index (χ3n) is 2.96. The van der Waals surface area contributed by atoms with E-state index >= 15 is 0 Å². The Balaban J connectivity index is 2.15. The molecule has 1 fully saturated rings. The molecule has 2 unspecified atom stereocenters. The molecule has 0 spiro atoms. The molecule has 0 saturated carbocycles. The van der Waals surface area contributed by atoms with Crippen LogP contribution >= 0.6 is 11.6 Å². The number of hydrogen-bond donors (Lipinski definition) is 0. The van der Waals surface area contributed by atoms with E-state index < -0.39 is 0 Å². The molecule has 1 aliphatic rings. The van der Waals surface area contributed by atoms with E-state index in [9.17, 15) is 0 Å². The predicted molar refractivity (Wildman–Crippen MR) is 75.1 cm³/mol. The summed E-state index contributed by atoms with van der Waals surface area (Å²) in [6.07, 6.45) is 1.67. The fraction of sp³-hybridized carbons (Fsp3) is 0.692. The molecule has 2 atom stereocenters. The first-order valence-corrected chi connectivity index (χ1v) is 7.06. The highest BCUT2D eigenvalue weighted by atomic mass is 35.5. The van der Waals surface area contributed by atoms with Crippen LogP contribution in [0.3, 0.4) is 0 Å². The molecule has 0 aliphatic carbocycles. The van der Waals surface area contributed by atoms with Crippen LogP contribution in [0.1, 0.15) is 20.8 Å². The Labute approximate surface area is 118 Å². The highest BCUT2D eigenvalue weighted by Gasteiger charge is 2.26. The predicted octanol–water partition coefficient (Wildman–Crippen LogP) is 2.10. The van der Waals surface area contributed by atoms with E-state index in [1.54, 1.807) is 0 Å². The van der Waals surface area contributed by atoms with Crippen molar-refractivity contribution in [2.75, 3.05) is 23.9 Å². The van der Waals surface area contributed by atoms with Crippen LogP contribution in [0.15, 0.2) is 12.4 Å². The molecule has 0 radical (unpaired) electrons. The molecular weight excluding hydrogens is 266 g/mol. The van der Waals surface area contributed by atoms with Crippen molar-refractivity contribution >= 4 is 17.4 Å². The minimum Gasteiger partial charge on any atom is -0.475 e. The Hall–Kier alpha value is -1.07. The maximum atomic E-state index is 5.87. The maximum absolute atomic E-state index is 5.87. The second-order valence-corrected chi connectivity index (χ2v) is 5.30. The van der Waals surface area contributed by atoms with Crippen LogP contribution in [0.5, 0.6) is 5.88 Å². The first-order chi connectivity index (χ1) is 9.10. The standard InChI is InChI=1S/C13H20ClN3O2/c1-9(2)19-13-4-12(15-8-16-13)17-6-11(5-14)18-7-10(17)3/h4,8-11H,5-7H2,1-3H3. The molecular formula is C13H20ClN3O2. The third-order valence-corrected chi connectivity index (χ3v) is 3.30. The van der Waals surface area contributed by atoms with E-state index in [1.807, 2.05) is 19.9 Å². The number of anilines is 1. The fourth-order valence-electron chi connectivity index (χ4n) is 2.02. The van der Waals surface area contributed by atoms with Crippen molar-refractivity contribution in [2.24, 2.45) is 0 Å². The second kappa shape index (κ2) is 6.39. The van der Waals surface area contributed by atoms with Crippen molar-refractivity contribution in [3.05, 3.63) is 12.4 Å². The van der Waals surface area contributed by atoms with Crippen molar-refractivity contribution in [1.29, 1.82) is 0 Å². The van der Waals surface area contributed by atoms with Gasteiger partial charge in [0.05, 0.1) is 30.7 Å². The Bertz CT molecular complexity index is 417. The lowest BCUT2D eigenvalue weighted by Gasteiger charge is -2.38. The van der Waals surface area contributed by atoms with Gasteiger partial charge in [-0.15, -0.1) is 11.6 Å². The number of morpholine rings is 1. The molecule has 1 aliphatic heterocycles. The van der Waals surface area contributed by atoms with Gasteiger partial charge >= 0.3 is 0 Å². The quantitative estimate of drug-likeness (QED) is 0.793. The van der Waals surface area contributed by atoms with Gasteiger partial charge in [-0.1, -0.05) is 0 Å². The van der Waals surface area contributed by atoms with E-state index in [0.29, 0.717) is 18.4 Å². The molecule has 106 valence electrons. The Morgan fingerprint density at radius 1 is 1.53 bits per heavy atom.